The van der Waals surface area contributed by atoms with Crippen LogP contribution in [-0.2, 0) is 0 Å². The predicted octanol–water partition coefficient (Wildman–Crippen LogP) is 6.16. The van der Waals surface area contributed by atoms with E-state index in [-0.39, 0.29) is 22.2 Å². The fourth-order valence-electron chi connectivity index (χ4n) is 8.76. The normalized spacial score (nSPS) is 20.9. The molecule has 2 fully saturated rings. The molecule has 0 saturated carbocycles. The van der Waals surface area contributed by atoms with E-state index < -0.39 is 0 Å². The molecule has 11 heteroatoms. The molecule has 0 unspecified atom stereocenters. The lowest BCUT2D eigenvalue weighted by Gasteiger charge is -2.54. The van der Waals surface area contributed by atoms with Crippen LogP contribution in [0.15, 0.2) is 0 Å². The lowest BCUT2D eigenvalue weighted by Crippen LogP contribution is -2.58. The summed E-state index contributed by atoms with van der Waals surface area (Å²) < 4.78 is 0. The van der Waals surface area contributed by atoms with Gasteiger partial charge in [-0.2, -0.15) is 15.0 Å². The minimum atomic E-state index is 0.251. The maximum atomic E-state index is 5.56. The van der Waals surface area contributed by atoms with Gasteiger partial charge in [-0.15, -0.1) is 0 Å². The summed E-state index contributed by atoms with van der Waals surface area (Å²) in [6.45, 7) is 26.3. The summed E-state index contributed by atoms with van der Waals surface area (Å²) in [6, 6.07) is 0. The zero-order valence-corrected chi connectivity index (χ0v) is 34.1. The van der Waals surface area contributed by atoms with Gasteiger partial charge < -0.3 is 32.3 Å². The number of aromatic nitrogens is 3. The highest BCUT2D eigenvalue weighted by atomic mass is 15.3. The van der Waals surface area contributed by atoms with Crippen molar-refractivity contribution in [3.05, 3.63) is 0 Å². The average Bonchev–Trinajstić information content (AvgIpc) is 3.02. The van der Waals surface area contributed by atoms with Crippen LogP contribution >= 0.6 is 0 Å². The first kappa shape index (κ1) is 42.6. The van der Waals surface area contributed by atoms with Crippen LogP contribution in [0.25, 0.3) is 0 Å². The van der Waals surface area contributed by atoms with Gasteiger partial charge in [0, 0.05) is 54.9 Å². The molecule has 0 aliphatic carbocycles. The molecule has 0 spiro atoms. The van der Waals surface area contributed by atoms with Gasteiger partial charge in [-0.25, -0.2) is 0 Å². The summed E-state index contributed by atoms with van der Waals surface area (Å²) in [6.07, 6.45) is 14.3. The second-order valence-electron chi connectivity index (χ2n) is 18.0. The van der Waals surface area contributed by atoms with E-state index in [1.807, 2.05) is 0 Å². The van der Waals surface area contributed by atoms with Crippen molar-refractivity contribution in [2.24, 2.45) is 17.6 Å². The summed E-state index contributed by atoms with van der Waals surface area (Å²) in [5, 5.41) is 17.4. The predicted molar refractivity (Wildman–Crippen MR) is 214 cm³/mol. The number of nitrogens with two attached hydrogens (primary N) is 1. The van der Waals surface area contributed by atoms with Gasteiger partial charge in [-0.05, 0) is 152 Å². The molecule has 2 saturated heterocycles. The molecular formula is C39H79N11. The van der Waals surface area contributed by atoms with Gasteiger partial charge >= 0.3 is 0 Å². The number of hydrogen-bond donors (Lipinski definition) is 6. The first-order valence-electron chi connectivity index (χ1n) is 20.1. The van der Waals surface area contributed by atoms with Crippen molar-refractivity contribution in [2.75, 3.05) is 82.4 Å². The summed E-state index contributed by atoms with van der Waals surface area (Å²) >= 11 is 0. The Balaban J connectivity index is 1.46. The third-order valence-corrected chi connectivity index (χ3v) is 11.9. The van der Waals surface area contributed by atoms with Crippen LogP contribution in [-0.4, -0.2) is 113 Å². The van der Waals surface area contributed by atoms with Crippen molar-refractivity contribution in [3.8, 4) is 0 Å². The molecule has 2 aliphatic heterocycles. The second kappa shape index (κ2) is 19.9. The van der Waals surface area contributed by atoms with E-state index in [1.54, 1.807) is 0 Å². The molecule has 3 rings (SSSR count). The Kier molecular flexibility index (Phi) is 16.9. The van der Waals surface area contributed by atoms with Gasteiger partial charge in [0.1, 0.15) is 0 Å². The molecular weight excluding hydrogens is 623 g/mol. The smallest absolute Gasteiger partial charge is 0.229 e. The summed E-state index contributed by atoms with van der Waals surface area (Å²) in [4.78, 5) is 19.4. The number of likely N-dealkylation sites (tertiary alicyclic amines) is 2. The average molecular weight is 702 g/mol. The number of rotatable bonds is 23. The van der Waals surface area contributed by atoms with Crippen LogP contribution in [0.5, 0.6) is 0 Å². The molecule has 50 heavy (non-hydrogen) atoms. The van der Waals surface area contributed by atoms with Crippen molar-refractivity contribution >= 4 is 17.8 Å². The molecule has 1 aromatic rings. The van der Waals surface area contributed by atoms with Gasteiger partial charge in [-0.3, -0.25) is 9.80 Å². The number of anilines is 3. The van der Waals surface area contributed by atoms with E-state index in [1.165, 1.54) is 51.4 Å². The van der Waals surface area contributed by atoms with E-state index in [0.717, 1.165) is 89.9 Å². The Bertz CT molecular complexity index is 999. The van der Waals surface area contributed by atoms with Crippen LogP contribution in [0.4, 0.5) is 17.8 Å². The summed E-state index contributed by atoms with van der Waals surface area (Å²) in [7, 11) is 4.58. The maximum absolute atomic E-state index is 5.56. The molecule has 7 N–H and O–H groups in total. The molecule has 0 radical (unpaired) electrons. The van der Waals surface area contributed by atoms with Gasteiger partial charge in [-0.1, -0.05) is 25.7 Å². The van der Waals surface area contributed by atoms with Gasteiger partial charge in [0.25, 0.3) is 0 Å². The third-order valence-electron chi connectivity index (χ3n) is 11.9. The van der Waals surface area contributed by atoms with E-state index in [9.17, 15) is 0 Å². The Morgan fingerprint density at radius 3 is 1.20 bits per heavy atom. The van der Waals surface area contributed by atoms with Gasteiger partial charge in [0.2, 0.25) is 17.8 Å². The maximum Gasteiger partial charge on any atom is 0.229 e. The molecule has 2 aliphatic rings. The van der Waals surface area contributed by atoms with Crippen LogP contribution in [0, 0.1) is 11.8 Å². The monoisotopic (exact) mass is 702 g/mol. The van der Waals surface area contributed by atoms with Crippen LogP contribution in [0.3, 0.4) is 0 Å². The molecule has 0 atom stereocenters. The SMILES string of the molecule is CN1C(C)(C)CC(CCCCNc2nc(NCCCCC3CC(C)(C)N(C)C(C)(C)C3)nc(NCCCNCCNCCCN)n2)CC1(C)C. The number of nitrogens with one attached hydrogen (secondary N) is 5. The molecule has 290 valence electrons. The Morgan fingerprint density at radius 2 is 0.840 bits per heavy atom. The minimum Gasteiger partial charge on any atom is -0.354 e. The standard InChI is InChI=1S/C39H79N11/c1-36(2)27-31(28-37(3,4)49(36)9)17-11-13-22-43-33-46-34(48-35(47-33)45-24-16-21-42-26-25-41-20-15-19-40)44-23-14-12-18-32-29-38(5,6)50(10)39(7,8)30-32/h31-32,41-42H,11-30,40H2,1-10H3,(H3,43,44,45,46,47,48). The number of hydrogen-bond acceptors (Lipinski definition) is 11. The first-order valence-corrected chi connectivity index (χ1v) is 20.1. The molecule has 0 amide bonds. The molecule has 1 aromatic heterocycles. The van der Waals surface area contributed by atoms with E-state index in [2.05, 4.69) is 106 Å². The summed E-state index contributed by atoms with van der Waals surface area (Å²) in [5.74, 6) is 3.51. The fraction of sp³-hybridized carbons (Fsp3) is 0.923. The lowest BCUT2D eigenvalue weighted by molar-refractivity contribution is -0.0323. The van der Waals surface area contributed by atoms with Crippen LogP contribution in [0.2, 0.25) is 0 Å². The van der Waals surface area contributed by atoms with Crippen molar-refractivity contribution < 1.29 is 0 Å². The van der Waals surface area contributed by atoms with Crippen molar-refractivity contribution in [2.45, 2.75) is 155 Å². The zero-order valence-electron chi connectivity index (χ0n) is 34.1. The highest BCUT2D eigenvalue weighted by Gasteiger charge is 2.43. The molecule has 3 heterocycles. The Labute approximate surface area is 307 Å². The minimum absolute atomic E-state index is 0.251. The molecule has 0 bridgehead atoms. The first-order chi connectivity index (χ1) is 23.6. The van der Waals surface area contributed by atoms with E-state index in [0.29, 0.717) is 17.8 Å². The van der Waals surface area contributed by atoms with Crippen molar-refractivity contribution in [1.82, 2.24) is 35.4 Å². The van der Waals surface area contributed by atoms with Crippen molar-refractivity contribution in [1.29, 1.82) is 0 Å². The Morgan fingerprint density at radius 1 is 0.500 bits per heavy atom. The quantitative estimate of drug-likeness (QED) is 0.0734. The third kappa shape index (κ3) is 14.0. The van der Waals surface area contributed by atoms with Gasteiger partial charge in [0.05, 0.1) is 0 Å². The largest absolute Gasteiger partial charge is 0.354 e. The van der Waals surface area contributed by atoms with E-state index >= 15 is 0 Å². The molecule has 11 nitrogen and oxygen atoms in total. The number of piperidine rings is 2. The second-order valence-corrected chi connectivity index (χ2v) is 18.0. The summed E-state index contributed by atoms with van der Waals surface area (Å²) in [5.41, 5.74) is 6.57. The highest BCUT2D eigenvalue weighted by Crippen LogP contribution is 2.43. The van der Waals surface area contributed by atoms with Crippen LogP contribution in [0.1, 0.15) is 132 Å². The Hall–Kier alpha value is -1.79. The van der Waals surface area contributed by atoms with E-state index in [4.69, 9.17) is 20.7 Å². The molecule has 0 aromatic carbocycles. The highest BCUT2D eigenvalue weighted by molar-refractivity contribution is 5.42. The lowest BCUT2D eigenvalue weighted by atomic mass is 9.72. The van der Waals surface area contributed by atoms with Gasteiger partial charge in [0.15, 0.2) is 0 Å². The fourth-order valence-corrected chi connectivity index (χ4v) is 8.76. The zero-order chi connectivity index (χ0) is 36.8. The van der Waals surface area contributed by atoms with Crippen LogP contribution < -0.4 is 32.3 Å². The number of unbranched alkanes of at least 4 members (excludes halogenated alkanes) is 2. The van der Waals surface area contributed by atoms with Crippen molar-refractivity contribution in [3.63, 3.8) is 0 Å². The topological polar surface area (TPSA) is 131 Å². The number of nitrogens with zero attached hydrogens (tertiary/aromatic N) is 5.